The van der Waals surface area contributed by atoms with Gasteiger partial charge in [-0.1, -0.05) is 12.1 Å². The lowest BCUT2D eigenvalue weighted by Gasteiger charge is -2.16. The molecule has 118 valence electrons. The van der Waals surface area contributed by atoms with Crippen LogP contribution in [0.4, 0.5) is 0 Å². The first-order valence-corrected chi connectivity index (χ1v) is 9.32. The first-order chi connectivity index (χ1) is 10.2. The van der Waals surface area contributed by atoms with E-state index in [1.165, 1.54) is 30.3 Å². The molecule has 0 aliphatic rings. The van der Waals surface area contributed by atoms with E-state index < -0.39 is 12.9 Å². The minimum Gasteiger partial charge on any atom is -0.508 e. The molecule has 0 bridgehead atoms. The molecule has 0 saturated carbocycles. The summed E-state index contributed by atoms with van der Waals surface area (Å²) in [7, 11) is 0. The quantitative estimate of drug-likeness (QED) is 0.530. The molecule has 0 saturated heterocycles. The van der Waals surface area contributed by atoms with E-state index in [1.54, 1.807) is 12.1 Å². The zero-order valence-electron chi connectivity index (χ0n) is 11.3. The average molecular weight is 342 g/mol. The third-order valence-electron chi connectivity index (χ3n) is 2.94. The summed E-state index contributed by atoms with van der Waals surface area (Å²) in [5, 5.41) is 29.1. The van der Waals surface area contributed by atoms with Gasteiger partial charge >= 0.3 is 6.80 Å². The summed E-state index contributed by atoms with van der Waals surface area (Å²) in [6.45, 7) is -4.37. The molecule has 6 nitrogen and oxygen atoms in total. The number of hydrogen-bond donors (Lipinski definition) is 5. The Hall–Kier alpha value is -1.50. The number of phenolic OH excluding ortho intramolecular Hbond substituents is 2. The van der Waals surface area contributed by atoms with Crippen LogP contribution in [0.2, 0.25) is 0 Å². The van der Waals surface area contributed by atoms with Crippen molar-refractivity contribution in [1.82, 2.24) is 0 Å². The molecular weight excluding hydrogens is 327 g/mol. The van der Waals surface area contributed by atoms with E-state index in [4.69, 9.17) is 9.79 Å². The zero-order valence-corrected chi connectivity index (χ0v) is 13.0. The molecule has 2 aromatic rings. The fourth-order valence-electron chi connectivity index (χ4n) is 1.97. The molecule has 0 radical (unpaired) electrons. The van der Waals surface area contributed by atoms with E-state index in [0.29, 0.717) is 11.4 Å². The summed E-state index contributed by atoms with van der Waals surface area (Å²) in [5.41, 5.74) is 0.974. The summed E-state index contributed by atoms with van der Waals surface area (Å²) < 4.78 is 11.1. The fraction of sp³-hybridized carbons (Fsp3) is 0.143. The normalized spacial score (nSPS) is 13.0. The Bertz CT molecular complexity index is 697. The van der Waals surface area contributed by atoms with E-state index in [0.717, 1.165) is 5.56 Å². The van der Waals surface area contributed by atoms with Gasteiger partial charge in [0.15, 0.2) is 0 Å². The van der Waals surface area contributed by atoms with Gasteiger partial charge in [-0.3, -0.25) is 0 Å². The predicted octanol–water partition coefficient (Wildman–Crippen LogP) is 2.56. The highest BCUT2D eigenvalue weighted by molar-refractivity contribution is 8.54. The van der Waals surface area contributed by atoms with Crippen LogP contribution in [0.1, 0.15) is 17.2 Å². The van der Waals surface area contributed by atoms with Crippen molar-refractivity contribution in [1.29, 1.82) is 0 Å². The molecule has 1 unspecified atom stereocenters. The molecule has 0 aromatic heterocycles. The molecule has 0 heterocycles. The van der Waals surface area contributed by atoms with Crippen molar-refractivity contribution in [2.24, 2.45) is 0 Å². The van der Waals surface area contributed by atoms with Crippen LogP contribution in [0.15, 0.2) is 47.4 Å². The van der Waals surface area contributed by atoms with Crippen LogP contribution in [0.5, 0.6) is 11.5 Å². The Labute approximate surface area is 131 Å². The van der Waals surface area contributed by atoms with E-state index in [9.17, 15) is 19.9 Å². The van der Waals surface area contributed by atoms with Crippen molar-refractivity contribution in [3.05, 3.63) is 53.6 Å². The molecule has 0 amide bonds. The van der Waals surface area contributed by atoms with E-state index >= 15 is 0 Å². The van der Waals surface area contributed by atoms with Crippen molar-refractivity contribution in [3.63, 3.8) is 0 Å². The summed E-state index contributed by atoms with van der Waals surface area (Å²) >= 11 is 0.333. The molecule has 2 rings (SSSR count). The van der Waals surface area contributed by atoms with Gasteiger partial charge in [0.1, 0.15) is 11.5 Å². The maximum absolute atomic E-state index is 11.1. The second kappa shape index (κ2) is 6.73. The number of rotatable bonds is 5. The number of aliphatic hydroxyl groups excluding tert-OH is 1. The Morgan fingerprint density at radius 1 is 1.00 bits per heavy atom. The molecule has 0 aliphatic heterocycles. The van der Waals surface area contributed by atoms with Gasteiger partial charge in [-0.2, -0.15) is 0 Å². The minimum absolute atomic E-state index is 0.102. The maximum atomic E-state index is 11.1. The Morgan fingerprint density at radius 3 is 2.18 bits per heavy atom. The van der Waals surface area contributed by atoms with Crippen LogP contribution in [0.3, 0.4) is 0 Å². The van der Waals surface area contributed by atoms with Crippen LogP contribution in [-0.4, -0.2) is 25.1 Å². The van der Waals surface area contributed by atoms with Crippen LogP contribution < -0.4 is 0 Å². The SMILES string of the molecule is O=P(O)(O)Sc1ccc(O)cc1C(O)Cc1ccc(O)cc1. The molecule has 1 atom stereocenters. The van der Waals surface area contributed by atoms with Crippen LogP contribution in [0, 0.1) is 0 Å². The number of aromatic hydroxyl groups is 2. The fourth-order valence-corrected chi connectivity index (χ4v) is 3.93. The molecule has 8 heteroatoms. The van der Waals surface area contributed by atoms with Crippen LogP contribution in [0.25, 0.3) is 0 Å². The van der Waals surface area contributed by atoms with Crippen molar-refractivity contribution in [2.75, 3.05) is 0 Å². The van der Waals surface area contributed by atoms with Gasteiger partial charge in [0.05, 0.1) is 6.10 Å². The summed E-state index contributed by atoms with van der Waals surface area (Å²) in [4.78, 5) is 18.3. The minimum atomic E-state index is -4.37. The zero-order chi connectivity index (χ0) is 16.3. The molecule has 2 aromatic carbocycles. The maximum Gasteiger partial charge on any atom is 0.388 e. The van der Waals surface area contributed by atoms with Crippen molar-refractivity contribution in [3.8, 4) is 11.5 Å². The second-order valence-corrected chi connectivity index (χ2v) is 8.27. The number of hydrogen-bond acceptors (Lipinski definition) is 5. The number of benzene rings is 2. The third-order valence-corrected chi connectivity index (χ3v) is 5.04. The van der Waals surface area contributed by atoms with Gasteiger partial charge < -0.3 is 25.1 Å². The van der Waals surface area contributed by atoms with Crippen molar-refractivity contribution < 1.29 is 29.7 Å². The average Bonchev–Trinajstić information content (AvgIpc) is 2.42. The lowest BCUT2D eigenvalue weighted by molar-refractivity contribution is 0.175. The number of aliphatic hydroxyl groups is 1. The summed E-state index contributed by atoms with van der Waals surface area (Å²) in [5.74, 6) is 0.00292. The Morgan fingerprint density at radius 2 is 1.59 bits per heavy atom. The first-order valence-electron chi connectivity index (χ1n) is 6.28. The lowest BCUT2D eigenvalue weighted by Crippen LogP contribution is -2.03. The van der Waals surface area contributed by atoms with E-state index in [-0.39, 0.29) is 28.4 Å². The van der Waals surface area contributed by atoms with E-state index in [2.05, 4.69) is 0 Å². The Kier molecular flexibility index (Phi) is 5.16. The van der Waals surface area contributed by atoms with Crippen molar-refractivity contribution in [2.45, 2.75) is 17.4 Å². The summed E-state index contributed by atoms with van der Waals surface area (Å²) in [6, 6.07) is 10.2. The second-order valence-electron chi connectivity index (χ2n) is 4.69. The lowest BCUT2D eigenvalue weighted by atomic mass is 10.0. The molecule has 22 heavy (non-hydrogen) atoms. The highest BCUT2D eigenvalue weighted by atomic mass is 32.7. The monoisotopic (exact) mass is 342 g/mol. The molecule has 0 spiro atoms. The third kappa shape index (κ3) is 4.76. The van der Waals surface area contributed by atoms with Crippen LogP contribution >= 0.6 is 18.2 Å². The van der Waals surface area contributed by atoms with Gasteiger partial charge in [-0.25, -0.2) is 4.57 Å². The van der Waals surface area contributed by atoms with E-state index in [1.807, 2.05) is 0 Å². The van der Waals surface area contributed by atoms with Gasteiger partial charge in [0.25, 0.3) is 0 Å². The molecule has 0 fully saturated rings. The van der Waals surface area contributed by atoms with Crippen LogP contribution in [-0.2, 0) is 11.0 Å². The first kappa shape index (κ1) is 16.9. The molecular formula is C14H15O6PS. The predicted molar refractivity (Wildman–Crippen MR) is 82.8 cm³/mol. The highest BCUT2D eigenvalue weighted by Crippen LogP contribution is 2.56. The topological polar surface area (TPSA) is 118 Å². The van der Waals surface area contributed by atoms with Gasteiger partial charge in [-0.05, 0) is 52.8 Å². The summed E-state index contributed by atoms with van der Waals surface area (Å²) in [6.07, 6.45) is -0.871. The Balaban J connectivity index is 2.27. The smallest absolute Gasteiger partial charge is 0.388 e. The highest BCUT2D eigenvalue weighted by Gasteiger charge is 2.22. The molecule has 0 aliphatic carbocycles. The van der Waals surface area contributed by atoms with Gasteiger partial charge in [0.2, 0.25) is 0 Å². The van der Waals surface area contributed by atoms with Gasteiger partial charge in [0, 0.05) is 11.3 Å². The van der Waals surface area contributed by atoms with Crippen molar-refractivity contribution >= 4 is 18.2 Å². The molecule has 5 N–H and O–H groups in total. The largest absolute Gasteiger partial charge is 0.508 e. The standard InChI is InChI=1S/C14H15O6PS/c15-10-3-1-9(2-4-10)7-13(17)12-8-11(16)5-6-14(12)22-21(18,19)20/h1-6,8,13,15-17H,7H2,(H2,18,19,20). The number of phenols is 2. The van der Waals surface area contributed by atoms with Gasteiger partial charge in [-0.15, -0.1) is 0 Å².